The highest BCUT2D eigenvalue weighted by Gasteiger charge is 2.27. The van der Waals surface area contributed by atoms with Crippen LogP contribution in [0.5, 0.6) is 0 Å². The van der Waals surface area contributed by atoms with Crippen LogP contribution in [0.1, 0.15) is 57.4 Å². The Morgan fingerprint density at radius 1 is 1.18 bits per heavy atom. The average Bonchev–Trinajstić information content (AvgIpc) is 3.23. The Balaban J connectivity index is 1.51. The third-order valence-electron chi connectivity index (χ3n) is 6.19. The summed E-state index contributed by atoms with van der Waals surface area (Å²) in [7, 11) is 2.18. The molecule has 2 aliphatic rings. The van der Waals surface area contributed by atoms with Crippen LogP contribution in [0.4, 0.5) is 10.5 Å². The fourth-order valence-corrected chi connectivity index (χ4v) is 5.77. The van der Waals surface area contributed by atoms with Crippen LogP contribution in [0.2, 0.25) is 5.15 Å². The van der Waals surface area contributed by atoms with Crippen molar-refractivity contribution >= 4 is 34.7 Å². The minimum absolute atomic E-state index is 0.0182. The number of hydrogen-bond acceptors (Lipinski definition) is 7. The highest BCUT2D eigenvalue weighted by Crippen LogP contribution is 2.39. The maximum atomic E-state index is 12.3. The first-order valence-electron chi connectivity index (χ1n) is 11.7. The van der Waals surface area contributed by atoms with E-state index in [1.807, 2.05) is 39.2 Å². The van der Waals surface area contributed by atoms with Gasteiger partial charge in [0.15, 0.2) is 0 Å². The van der Waals surface area contributed by atoms with E-state index in [-0.39, 0.29) is 12.1 Å². The van der Waals surface area contributed by atoms with Crippen molar-refractivity contribution < 1.29 is 9.53 Å². The molecule has 33 heavy (non-hydrogen) atoms. The fourth-order valence-electron chi connectivity index (χ4n) is 4.52. The molecule has 0 aliphatic carbocycles. The van der Waals surface area contributed by atoms with Crippen molar-refractivity contribution in [2.75, 3.05) is 38.1 Å². The van der Waals surface area contributed by atoms with Crippen molar-refractivity contribution in [1.29, 1.82) is 0 Å². The quantitative estimate of drug-likeness (QED) is 0.595. The van der Waals surface area contributed by atoms with Crippen LogP contribution in [0, 0.1) is 0 Å². The normalized spacial score (nSPS) is 20.6. The number of ether oxygens (including phenoxy) is 1. The number of carbonyl (C=O) groups is 1. The number of anilines is 1. The number of aromatic nitrogens is 2. The molecule has 2 fully saturated rings. The second-order valence-corrected chi connectivity index (χ2v) is 11.5. The van der Waals surface area contributed by atoms with Gasteiger partial charge in [-0.15, -0.1) is 11.3 Å². The van der Waals surface area contributed by atoms with E-state index in [1.54, 1.807) is 11.3 Å². The third-order valence-corrected chi connectivity index (χ3v) is 7.59. The van der Waals surface area contributed by atoms with E-state index in [9.17, 15) is 4.79 Å². The second kappa shape index (κ2) is 10.2. The number of carbonyl (C=O) groups excluding carboxylic acids is 1. The number of nitrogens with zero attached hydrogens (tertiary/aromatic N) is 4. The van der Waals surface area contributed by atoms with E-state index in [1.165, 1.54) is 5.01 Å². The van der Waals surface area contributed by atoms with E-state index in [0.29, 0.717) is 17.6 Å². The fraction of sp³-hybridized carbons (Fsp3) is 0.625. The summed E-state index contributed by atoms with van der Waals surface area (Å²) in [5.74, 6) is 0.529. The van der Waals surface area contributed by atoms with E-state index in [0.717, 1.165) is 61.4 Å². The molecule has 0 aromatic carbocycles. The minimum atomic E-state index is -0.512. The summed E-state index contributed by atoms with van der Waals surface area (Å²) >= 11 is 8.08. The highest BCUT2D eigenvalue weighted by molar-refractivity contribution is 7.15. The van der Waals surface area contributed by atoms with Crippen molar-refractivity contribution in [3.63, 3.8) is 0 Å². The first kappa shape index (κ1) is 24.2. The van der Waals surface area contributed by atoms with Crippen molar-refractivity contribution in [1.82, 2.24) is 20.2 Å². The SMILES string of the molecule is CN1CCC(c2ncc(-c3cnc(Cl)cc3N3CCC[C@H](NC(=O)OC(C)(C)C)C3)s2)CC1. The summed E-state index contributed by atoms with van der Waals surface area (Å²) < 4.78 is 5.45. The number of piperidine rings is 2. The summed E-state index contributed by atoms with van der Waals surface area (Å²) in [6, 6.07) is 1.95. The number of amides is 1. The maximum absolute atomic E-state index is 12.3. The molecule has 2 aromatic rings. The lowest BCUT2D eigenvalue weighted by Gasteiger charge is -2.36. The van der Waals surface area contributed by atoms with E-state index < -0.39 is 5.60 Å². The van der Waals surface area contributed by atoms with E-state index in [4.69, 9.17) is 21.3 Å². The molecule has 1 atom stereocenters. The first-order chi connectivity index (χ1) is 15.7. The van der Waals surface area contributed by atoms with Gasteiger partial charge >= 0.3 is 6.09 Å². The lowest BCUT2D eigenvalue weighted by Crippen LogP contribution is -2.49. The Bertz CT molecular complexity index is 968. The van der Waals surface area contributed by atoms with Gasteiger partial charge in [0, 0.05) is 43.0 Å². The standard InChI is InChI=1S/C24H34ClN5O2S/c1-24(2,3)32-23(31)28-17-6-5-9-30(15-17)19-12-21(25)26-13-18(19)20-14-27-22(33-20)16-7-10-29(4)11-8-16/h12-14,16-17H,5-11,15H2,1-4H3,(H,28,31)/t17-/m0/s1. The van der Waals surface area contributed by atoms with Gasteiger partial charge in [0.05, 0.1) is 15.6 Å². The molecule has 2 aromatic heterocycles. The molecule has 2 saturated heterocycles. The second-order valence-electron chi connectivity index (χ2n) is 10.1. The average molecular weight is 492 g/mol. The summed E-state index contributed by atoms with van der Waals surface area (Å²) in [5, 5.41) is 4.71. The molecule has 0 unspecified atom stereocenters. The van der Waals surface area contributed by atoms with Crippen molar-refractivity contribution in [2.24, 2.45) is 0 Å². The number of likely N-dealkylation sites (tertiary alicyclic amines) is 1. The van der Waals surface area contributed by atoms with Gasteiger partial charge in [-0.05, 0) is 72.7 Å². The van der Waals surface area contributed by atoms with Gasteiger partial charge in [0.1, 0.15) is 10.8 Å². The van der Waals surface area contributed by atoms with E-state index in [2.05, 4.69) is 27.1 Å². The van der Waals surface area contributed by atoms with Crippen molar-refractivity contribution in [3.05, 3.63) is 28.6 Å². The van der Waals surface area contributed by atoms with Gasteiger partial charge in [0.2, 0.25) is 0 Å². The third kappa shape index (κ3) is 6.37. The molecule has 0 radical (unpaired) electrons. The number of thiazole rings is 1. The largest absolute Gasteiger partial charge is 0.444 e. The zero-order chi connectivity index (χ0) is 23.6. The van der Waals surface area contributed by atoms with Gasteiger partial charge in [-0.2, -0.15) is 0 Å². The number of nitrogens with one attached hydrogen (secondary N) is 1. The molecule has 0 spiro atoms. The number of alkyl carbamates (subject to hydrolysis) is 1. The highest BCUT2D eigenvalue weighted by atomic mass is 35.5. The molecule has 180 valence electrons. The molecule has 1 N–H and O–H groups in total. The summed E-state index contributed by atoms with van der Waals surface area (Å²) in [6.07, 6.45) is 7.67. The Hall–Kier alpha value is -1.90. The number of halogens is 1. The lowest BCUT2D eigenvalue weighted by atomic mass is 9.98. The molecule has 7 nitrogen and oxygen atoms in total. The van der Waals surface area contributed by atoms with E-state index >= 15 is 0 Å². The maximum Gasteiger partial charge on any atom is 0.407 e. The monoisotopic (exact) mass is 491 g/mol. The molecule has 0 bridgehead atoms. The van der Waals surface area contributed by atoms with Crippen molar-refractivity contribution in [3.8, 4) is 10.4 Å². The molecule has 4 heterocycles. The van der Waals surface area contributed by atoms with Crippen LogP contribution in [0.25, 0.3) is 10.4 Å². The predicted molar refractivity (Wildman–Crippen MR) is 134 cm³/mol. The zero-order valence-corrected chi connectivity index (χ0v) is 21.5. The van der Waals surface area contributed by atoms with Crippen LogP contribution in [-0.4, -0.2) is 65.8 Å². The number of hydrogen-bond donors (Lipinski definition) is 1. The molecular formula is C24H34ClN5O2S. The Labute approximate surface area is 205 Å². The number of pyridine rings is 1. The van der Waals surface area contributed by atoms with Gasteiger partial charge < -0.3 is 19.9 Å². The molecule has 2 aliphatic heterocycles. The Morgan fingerprint density at radius 2 is 1.94 bits per heavy atom. The van der Waals surface area contributed by atoms with Crippen LogP contribution in [0.3, 0.4) is 0 Å². The Kier molecular flexibility index (Phi) is 7.46. The molecule has 9 heteroatoms. The first-order valence-corrected chi connectivity index (χ1v) is 12.9. The summed E-state index contributed by atoms with van der Waals surface area (Å²) in [4.78, 5) is 27.2. The predicted octanol–water partition coefficient (Wildman–Crippen LogP) is 5.16. The zero-order valence-electron chi connectivity index (χ0n) is 19.9. The smallest absolute Gasteiger partial charge is 0.407 e. The molecular weight excluding hydrogens is 458 g/mol. The van der Waals surface area contributed by atoms with Crippen molar-refractivity contribution in [2.45, 2.75) is 64.0 Å². The summed E-state index contributed by atoms with van der Waals surface area (Å²) in [6.45, 7) is 9.47. The van der Waals surface area contributed by atoms with Gasteiger partial charge in [-0.1, -0.05) is 11.6 Å². The van der Waals surface area contributed by atoms with Crippen LogP contribution in [0.15, 0.2) is 18.5 Å². The van der Waals surface area contributed by atoms with Gasteiger partial charge in [0.25, 0.3) is 0 Å². The number of rotatable bonds is 4. The minimum Gasteiger partial charge on any atom is -0.444 e. The van der Waals surface area contributed by atoms with Crippen LogP contribution in [-0.2, 0) is 4.74 Å². The molecule has 4 rings (SSSR count). The van der Waals surface area contributed by atoms with Crippen LogP contribution >= 0.6 is 22.9 Å². The van der Waals surface area contributed by atoms with Crippen LogP contribution < -0.4 is 10.2 Å². The molecule has 0 saturated carbocycles. The Morgan fingerprint density at radius 3 is 2.67 bits per heavy atom. The lowest BCUT2D eigenvalue weighted by molar-refractivity contribution is 0.0500. The summed E-state index contributed by atoms with van der Waals surface area (Å²) in [5.41, 5.74) is 1.58. The topological polar surface area (TPSA) is 70.6 Å². The van der Waals surface area contributed by atoms with Gasteiger partial charge in [-0.25, -0.2) is 14.8 Å². The van der Waals surface area contributed by atoms with Gasteiger partial charge in [-0.3, -0.25) is 0 Å². The molecule has 1 amide bonds.